The van der Waals surface area contributed by atoms with Crippen LogP contribution in [0.3, 0.4) is 0 Å². The SMILES string of the molecule is CC1SCCC12CC(O)c1ccc(Br)cc1O2. The first-order valence-corrected chi connectivity index (χ1v) is 7.73. The number of fused-ring (bicyclic) bond motifs is 1. The molecule has 0 amide bonds. The number of rotatable bonds is 0. The largest absolute Gasteiger partial charge is 0.486 e. The second kappa shape index (κ2) is 4.18. The maximum atomic E-state index is 10.3. The molecule has 0 bridgehead atoms. The topological polar surface area (TPSA) is 29.5 Å². The fourth-order valence-electron chi connectivity index (χ4n) is 2.74. The molecule has 2 aliphatic rings. The molecule has 0 aromatic heterocycles. The van der Waals surface area contributed by atoms with Crippen LogP contribution in [0.2, 0.25) is 0 Å². The lowest BCUT2D eigenvalue weighted by Crippen LogP contribution is -2.45. The van der Waals surface area contributed by atoms with Gasteiger partial charge in [0.2, 0.25) is 0 Å². The van der Waals surface area contributed by atoms with Crippen molar-refractivity contribution in [1.29, 1.82) is 0 Å². The van der Waals surface area contributed by atoms with Crippen LogP contribution in [0.5, 0.6) is 5.75 Å². The van der Waals surface area contributed by atoms with Gasteiger partial charge < -0.3 is 9.84 Å². The summed E-state index contributed by atoms with van der Waals surface area (Å²) in [5.74, 6) is 1.96. The fraction of sp³-hybridized carbons (Fsp3) is 0.538. The van der Waals surface area contributed by atoms with Crippen molar-refractivity contribution in [3.8, 4) is 5.75 Å². The maximum absolute atomic E-state index is 10.3. The first-order valence-electron chi connectivity index (χ1n) is 5.89. The molecule has 1 aromatic rings. The van der Waals surface area contributed by atoms with Crippen molar-refractivity contribution < 1.29 is 9.84 Å². The summed E-state index contributed by atoms with van der Waals surface area (Å²) in [6.07, 6.45) is 1.35. The summed E-state index contributed by atoms with van der Waals surface area (Å²) in [4.78, 5) is 0. The number of halogens is 1. The van der Waals surface area contributed by atoms with Crippen LogP contribution in [0.15, 0.2) is 22.7 Å². The highest BCUT2D eigenvalue weighted by molar-refractivity contribution is 9.10. The van der Waals surface area contributed by atoms with E-state index in [4.69, 9.17) is 4.74 Å². The van der Waals surface area contributed by atoms with Crippen LogP contribution in [-0.4, -0.2) is 21.7 Å². The molecule has 2 aliphatic heterocycles. The maximum Gasteiger partial charge on any atom is 0.127 e. The van der Waals surface area contributed by atoms with Crippen LogP contribution >= 0.6 is 27.7 Å². The van der Waals surface area contributed by atoms with E-state index in [1.54, 1.807) is 0 Å². The molecule has 0 aliphatic carbocycles. The van der Waals surface area contributed by atoms with Gasteiger partial charge in [0.15, 0.2) is 0 Å². The zero-order chi connectivity index (χ0) is 12.0. The van der Waals surface area contributed by atoms with E-state index in [0.717, 1.165) is 34.4 Å². The molecule has 4 heteroatoms. The summed E-state index contributed by atoms with van der Waals surface area (Å²) >= 11 is 5.39. The van der Waals surface area contributed by atoms with Gasteiger partial charge in [-0.05, 0) is 31.2 Å². The van der Waals surface area contributed by atoms with E-state index in [9.17, 15) is 5.11 Å². The summed E-state index contributed by atoms with van der Waals surface area (Å²) in [7, 11) is 0. The predicted octanol–water partition coefficient (Wildman–Crippen LogP) is 3.53. The average Bonchev–Trinajstić information content (AvgIpc) is 2.59. The molecule has 0 saturated carbocycles. The van der Waals surface area contributed by atoms with Crippen molar-refractivity contribution in [2.24, 2.45) is 0 Å². The highest BCUT2D eigenvalue weighted by atomic mass is 79.9. The minimum atomic E-state index is -0.395. The van der Waals surface area contributed by atoms with E-state index in [1.807, 2.05) is 30.0 Å². The molecule has 2 nitrogen and oxygen atoms in total. The van der Waals surface area contributed by atoms with Gasteiger partial charge in [0.1, 0.15) is 11.4 Å². The average molecular weight is 315 g/mol. The minimum Gasteiger partial charge on any atom is -0.486 e. The minimum absolute atomic E-state index is 0.169. The van der Waals surface area contributed by atoms with Gasteiger partial charge in [-0.2, -0.15) is 11.8 Å². The molecule has 3 rings (SSSR count). The molecule has 92 valence electrons. The van der Waals surface area contributed by atoms with Gasteiger partial charge in [-0.25, -0.2) is 0 Å². The molecular weight excluding hydrogens is 300 g/mol. The first kappa shape index (κ1) is 11.9. The third kappa shape index (κ3) is 1.90. The third-order valence-electron chi connectivity index (χ3n) is 3.82. The Morgan fingerprint density at radius 1 is 1.53 bits per heavy atom. The Morgan fingerprint density at radius 3 is 3.06 bits per heavy atom. The molecule has 1 fully saturated rings. The number of aliphatic hydroxyl groups excluding tert-OH is 1. The summed E-state index contributed by atoms with van der Waals surface area (Å²) in [5, 5.41) is 10.7. The molecular formula is C13H15BrO2S. The van der Waals surface area contributed by atoms with E-state index in [-0.39, 0.29) is 5.60 Å². The predicted molar refractivity (Wildman–Crippen MR) is 73.6 cm³/mol. The van der Waals surface area contributed by atoms with Gasteiger partial charge >= 0.3 is 0 Å². The Bertz CT molecular complexity index is 451. The lowest BCUT2D eigenvalue weighted by Gasteiger charge is -2.40. The lowest BCUT2D eigenvalue weighted by molar-refractivity contribution is -0.0103. The molecule has 1 spiro atoms. The first-order chi connectivity index (χ1) is 8.11. The zero-order valence-electron chi connectivity index (χ0n) is 9.65. The normalized spacial score (nSPS) is 35.7. The van der Waals surface area contributed by atoms with Gasteiger partial charge in [0, 0.05) is 21.7 Å². The van der Waals surface area contributed by atoms with Crippen LogP contribution in [-0.2, 0) is 0 Å². The number of benzene rings is 1. The van der Waals surface area contributed by atoms with Crippen molar-refractivity contribution in [1.82, 2.24) is 0 Å². The van der Waals surface area contributed by atoms with E-state index in [1.165, 1.54) is 0 Å². The van der Waals surface area contributed by atoms with Gasteiger partial charge in [-0.1, -0.05) is 22.0 Å². The summed E-state index contributed by atoms with van der Waals surface area (Å²) in [6, 6.07) is 5.87. The van der Waals surface area contributed by atoms with Crippen LogP contribution in [0.4, 0.5) is 0 Å². The quantitative estimate of drug-likeness (QED) is 0.794. The van der Waals surface area contributed by atoms with Crippen molar-refractivity contribution >= 4 is 27.7 Å². The highest BCUT2D eigenvalue weighted by Gasteiger charge is 2.48. The zero-order valence-corrected chi connectivity index (χ0v) is 12.1. The Morgan fingerprint density at radius 2 is 2.35 bits per heavy atom. The third-order valence-corrected chi connectivity index (χ3v) is 5.68. The van der Waals surface area contributed by atoms with Crippen molar-refractivity contribution in [2.75, 3.05) is 5.75 Å². The highest BCUT2D eigenvalue weighted by Crippen LogP contribution is 2.49. The molecule has 3 atom stereocenters. The monoisotopic (exact) mass is 314 g/mol. The Labute approximate surface area is 114 Å². The summed E-state index contributed by atoms with van der Waals surface area (Å²) in [6.45, 7) is 2.20. The number of hydrogen-bond acceptors (Lipinski definition) is 3. The van der Waals surface area contributed by atoms with Crippen LogP contribution < -0.4 is 4.74 Å². The Hall–Kier alpha value is -0.190. The molecule has 1 aromatic carbocycles. The number of ether oxygens (including phenoxy) is 1. The number of thioether (sulfide) groups is 1. The number of aliphatic hydroxyl groups is 1. The number of hydrogen-bond donors (Lipinski definition) is 1. The van der Waals surface area contributed by atoms with Crippen LogP contribution in [0.1, 0.15) is 31.4 Å². The second-order valence-corrected chi connectivity index (χ2v) is 7.20. The van der Waals surface area contributed by atoms with Crippen LogP contribution in [0, 0.1) is 0 Å². The molecule has 1 saturated heterocycles. The summed E-state index contributed by atoms with van der Waals surface area (Å²) < 4.78 is 7.23. The smallest absolute Gasteiger partial charge is 0.127 e. The lowest BCUT2D eigenvalue weighted by atomic mass is 9.85. The van der Waals surface area contributed by atoms with E-state index < -0.39 is 6.10 Å². The van der Waals surface area contributed by atoms with Crippen molar-refractivity contribution in [3.63, 3.8) is 0 Å². The van der Waals surface area contributed by atoms with E-state index >= 15 is 0 Å². The van der Waals surface area contributed by atoms with Gasteiger partial charge in [0.25, 0.3) is 0 Å². The molecule has 0 radical (unpaired) electrons. The molecule has 17 heavy (non-hydrogen) atoms. The van der Waals surface area contributed by atoms with Crippen molar-refractivity contribution in [2.45, 2.75) is 36.7 Å². The van der Waals surface area contributed by atoms with Gasteiger partial charge in [0.05, 0.1) is 6.10 Å². The fourth-order valence-corrected chi connectivity index (χ4v) is 4.46. The molecule has 2 heterocycles. The molecule has 3 unspecified atom stereocenters. The van der Waals surface area contributed by atoms with Crippen molar-refractivity contribution in [3.05, 3.63) is 28.2 Å². The van der Waals surface area contributed by atoms with Crippen LogP contribution in [0.25, 0.3) is 0 Å². The summed E-state index contributed by atoms with van der Waals surface area (Å²) in [5.41, 5.74) is 0.751. The van der Waals surface area contributed by atoms with Gasteiger partial charge in [-0.15, -0.1) is 0 Å². The second-order valence-electron chi connectivity index (χ2n) is 4.83. The molecule has 1 N–H and O–H groups in total. The van der Waals surface area contributed by atoms with E-state index in [2.05, 4.69) is 22.9 Å². The van der Waals surface area contributed by atoms with Gasteiger partial charge in [-0.3, -0.25) is 0 Å². The Kier molecular flexibility index (Phi) is 2.92. The standard InChI is InChI=1S/C13H15BrO2S/c1-8-13(4-5-17-8)7-11(15)10-3-2-9(14)6-12(10)16-13/h2-3,6,8,11,15H,4-5,7H2,1H3. The Balaban J connectivity index is 2.02. The van der Waals surface area contributed by atoms with E-state index in [0.29, 0.717) is 5.25 Å².